The number of hydrogen-bond donors (Lipinski definition) is 2. The lowest BCUT2D eigenvalue weighted by molar-refractivity contribution is -0.134. The van der Waals surface area contributed by atoms with E-state index in [1.54, 1.807) is 17.2 Å². The van der Waals surface area contributed by atoms with Gasteiger partial charge in [-0.15, -0.1) is 0 Å². The third-order valence-corrected chi connectivity index (χ3v) is 8.53. The van der Waals surface area contributed by atoms with Crippen LogP contribution in [0.1, 0.15) is 62.9 Å². The van der Waals surface area contributed by atoms with Crippen LogP contribution in [-0.4, -0.2) is 75.1 Å². The molecule has 1 aromatic heterocycles. The summed E-state index contributed by atoms with van der Waals surface area (Å²) in [5, 5.41) is 12.1. The molecule has 2 aromatic carbocycles. The highest BCUT2D eigenvalue weighted by atomic mass is 16.2. The molecule has 0 spiro atoms. The number of carbonyl (C=O) groups excluding carboxylic acids is 4. The molecule has 2 fully saturated rings. The molecule has 0 aliphatic carbocycles. The monoisotopic (exact) mass is 557 g/mol. The van der Waals surface area contributed by atoms with Crippen molar-refractivity contribution in [1.29, 1.82) is 0 Å². The molecule has 2 N–H and O–H groups in total. The number of piperidine rings is 2. The summed E-state index contributed by atoms with van der Waals surface area (Å²) in [6.07, 6.45) is 5.91. The second-order valence-electron chi connectivity index (χ2n) is 12.1. The van der Waals surface area contributed by atoms with E-state index >= 15 is 0 Å². The van der Waals surface area contributed by atoms with Crippen molar-refractivity contribution < 1.29 is 19.2 Å². The number of rotatable bonds is 4. The Labute approximate surface area is 238 Å². The lowest BCUT2D eigenvalue weighted by Crippen LogP contribution is -2.53. The first-order valence-corrected chi connectivity index (χ1v) is 14.1. The van der Waals surface area contributed by atoms with E-state index in [1.165, 1.54) is 4.90 Å². The molecule has 0 saturated carbocycles. The van der Waals surface area contributed by atoms with Gasteiger partial charge in [0.25, 0.3) is 5.91 Å². The molecular formula is C30H35N7O4. The molecule has 4 heterocycles. The van der Waals surface area contributed by atoms with Crippen molar-refractivity contribution in [1.82, 2.24) is 24.9 Å². The average molecular weight is 558 g/mol. The Bertz CT molecular complexity index is 1560. The van der Waals surface area contributed by atoms with E-state index in [0.29, 0.717) is 30.8 Å². The fraction of sp³-hybridized carbons (Fsp3) is 0.433. The van der Waals surface area contributed by atoms with Crippen molar-refractivity contribution in [3.63, 3.8) is 0 Å². The number of urea groups is 1. The third-order valence-electron chi connectivity index (χ3n) is 8.53. The fourth-order valence-electron chi connectivity index (χ4n) is 5.93. The molecule has 5 amide bonds. The molecule has 0 bridgehead atoms. The number of anilines is 3. The maximum absolute atomic E-state index is 13.4. The minimum Gasteiger partial charge on any atom is -0.352 e. The Morgan fingerprint density at radius 2 is 1.83 bits per heavy atom. The minimum atomic E-state index is -0.719. The van der Waals surface area contributed by atoms with Crippen molar-refractivity contribution in [2.45, 2.75) is 64.1 Å². The van der Waals surface area contributed by atoms with Gasteiger partial charge in [0.1, 0.15) is 6.04 Å². The van der Waals surface area contributed by atoms with Crippen LogP contribution in [-0.2, 0) is 9.59 Å². The molecule has 3 aliphatic heterocycles. The average Bonchev–Trinajstić information content (AvgIpc) is 3.52. The van der Waals surface area contributed by atoms with Gasteiger partial charge in [0.15, 0.2) is 0 Å². The molecule has 3 aliphatic rings. The Hall–Kier alpha value is -4.41. The zero-order valence-corrected chi connectivity index (χ0v) is 23.8. The first-order valence-electron chi connectivity index (χ1n) is 14.1. The summed E-state index contributed by atoms with van der Waals surface area (Å²) in [7, 11) is 1.85. The smallest absolute Gasteiger partial charge is 0.320 e. The molecule has 1 atom stereocenters. The summed E-state index contributed by atoms with van der Waals surface area (Å²) in [6.45, 7) is 7.46. The minimum absolute atomic E-state index is 0.0560. The third kappa shape index (κ3) is 4.68. The number of aromatic nitrogens is 2. The Morgan fingerprint density at radius 1 is 1.07 bits per heavy atom. The van der Waals surface area contributed by atoms with Gasteiger partial charge in [-0.05, 0) is 58.2 Å². The van der Waals surface area contributed by atoms with Crippen molar-refractivity contribution in [3.8, 4) is 0 Å². The van der Waals surface area contributed by atoms with E-state index in [4.69, 9.17) is 0 Å². The predicted octanol–water partition coefficient (Wildman–Crippen LogP) is 4.03. The van der Waals surface area contributed by atoms with Gasteiger partial charge in [0.2, 0.25) is 11.8 Å². The van der Waals surface area contributed by atoms with Crippen LogP contribution in [0.3, 0.4) is 0 Å². The van der Waals surface area contributed by atoms with E-state index < -0.39 is 11.9 Å². The van der Waals surface area contributed by atoms with Gasteiger partial charge < -0.3 is 15.1 Å². The first-order chi connectivity index (χ1) is 19.5. The normalized spacial score (nSPS) is 19.6. The van der Waals surface area contributed by atoms with Gasteiger partial charge in [-0.2, -0.15) is 5.10 Å². The number of imide groups is 1. The molecule has 0 radical (unpaired) electrons. The van der Waals surface area contributed by atoms with E-state index in [0.717, 1.165) is 35.0 Å². The van der Waals surface area contributed by atoms with E-state index in [-0.39, 0.29) is 35.8 Å². The highest BCUT2D eigenvalue weighted by Gasteiger charge is 2.41. The number of amides is 5. The number of carbonyl (C=O) groups is 4. The summed E-state index contributed by atoms with van der Waals surface area (Å²) in [6, 6.07) is 8.87. The van der Waals surface area contributed by atoms with Crippen LogP contribution in [0.4, 0.5) is 21.9 Å². The molecule has 6 rings (SSSR count). The fourth-order valence-corrected chi connectivity index (χ4v) is 5.93. The van der Waals surface area contributed by atoms with E-state index in [2.05, 4.69) is 15.7 Å². The SMILES string of the molecule is CN(C(=O)N1CCC(n2cc(Nc3ccc4c5c(cccc35)C(=O)N4C3CCC(=O)NC3=O)cn2)CC1)C(C)(C)C. The summed E-state index contributed by atoms with van der Waals surface area (Å²) in [5.41, 5.74) is 2.64. The maximum atomic E-state index is 13.4. The summed E-state index contributed by atoms with van der Waals surface area (Å²) >= 11 is 0. The van der Waals surface area contributed by atoms with Crippen molar-refractivity contribution >= 4 is 51.6 Å². The summed E-state index contributed by atoms with van der Waals surface area (Å²) in [5.74, 6) is -0.988. The zero-order valence-electron chi connectivity index (χ0n) is 23.8. The van der Waals surface area contributed by atoms with Gasteiger partial charge in [0, 0.05) is 60.3 Å². The van der Waals surface area contributed by atoms with Crippen LogP contribution in [0.25, 0.3) is 10.8 Å². The van der Waals surface area contributed by atoms with Gasteiger partial charge in [-0.3, -0.25) is 29.3 Å². The first kappa shape index (κ1) is 26.8. The molecule has 214 valence electrons. The molecule has 3 aromatic rings. The summed E-state index contributed by atoms with van der Waals surface area (Å²) < 4.78 is 1.96. The molecule has 11 heteroatoms. The van der Waals surface area contributed by atoms with Gasteiger partial charge >= 0.3 is 6.03 Å². The standard InChI is InChI=1S/C30H35N7O4/c1-30(2,3)34(4)29(41)35-14-12-19(13-15-35)36-17-18(16-31-36)32-22-8-9-23-26-20(22)6-5-7-21(26)28(40)37(23)24-10-11-25(38)33-27(24)39/h5-9,16-17,19,24,32H,10-15H2,1-4H3,(H,33,38,39). The summed E-state index contributed by atoms with van der Waals surface area (Å²) in [4.78, 5) is 55.8. The topological polar surface area (TPSA) is 120 Å². The number of likely N-dealkylation sites (tertiary alicyclic amines) is 1. The van der Waals surface area contributed by atoms with Crippen LogP contribution >= 0.6 is 0 Å². The lowest BCUT2D eigenvalue weighted by atomic mass is 10.0. The van der Waals surface area contributed by atoms with Crippen molar-refractivity contribution in [2.75, 3.05) is 30.4 Å². The number of nitrogens with zero attached hydrogens (tertiary/aromatic N) is 5. The van der Waals surface area contributed by atoms with Crippen LogP contribution in [0.2, 0.25) is 0 Å². The Kier molecular flexibility index (Phi) is 6.47. The largest absolute Gasteiger partial charge is 0.352 e. The highest BCUT2D eigenvalue weighted by Crippen LogP contribution is 2.43. The zero-order chi connectivity index (χ0) is 29.1. The second-order valence-corrected chi connectivity index (χ2v) is 12.1. The number of benzene rings is 2. The van der Waals surface area contributed by atoms with Crippen molar-refractivity contribution in [3.05, 3.63) is 48.3 Å². The molecule has 2 saturated heterocycles. The van der Waals surface area contributed by atoms with Crippen LogP contribution in [0.5, 0.6) is 0 Å². The van der Waals surface area contributed by atoms with E-state index in [9.17, 15) is 19.2 Å². The van der Waals surface area contributed by atoms with E-state index in [1.807, 2.05) is 67.9 Å². The Balaban J connectivity index is 1.18. The predicted molar refractivity (Wildman–Crippen MR) is 155 cm³/mol. The van der Waals surface area contributed by atoms with Crippen LogP contribution in [0.15, 0.2) is 42.7 Å². The molecule has 1 unspecified atom stereocenters. The lowest BCUT2D eigenvalue weighted by Gasteiger charge is -2.39. The number of hydrogen-bond acceptors (Lipinski definition) is 6. The highest BCUT2D eigenvalue weighted by molar-refractivity contribution is 6.28. The molecular weight excluding hydrogens is 522 g/mol. The Morgan fingerprint density at radius 3 is 2.54 bits per heavy atom. The van der Waals surface area contributed by atoms with Crippen molar-refractivity contribution in [2.24, 2.45) is 0 Å². The van der Waals surface area contributed by atoms with Crippen LogP contribution < -0.4 is 15.5 Å². The molecule has 41 heavy (non-hydrogen) atoms. The maximum Gasteiger partial charge on any atom is 0.320 e. The van der Waals surface area contributed by atoms with Gasteiger partial charge in [-0.25, -0.2) is 4.79 Å². The quantitative estimate of drug-likeness (QED) is 0.468. The van der Waals surface area contributed by atoms with Crippen LogP contribution in [0, 0.1) is 0 Å². The molecule has 11 nitrogen and oxygen atoms in total. The van der Waals surface area contributed by atoms with Gasteiger partial charge in [-0.1, -0.05) is 12.1 Å². The second kappa shape index (κ2) is 9.90. The van der Waals surface area contributed by atoms with Gasteiger partial charge in [0.05, 0.1) is 23.6 Å². The number of nitrogens with one attached hydrogen (secondary N) is 2.